The Bertz CT molecular complexity index is 1260. The molecule has 192 valence electrons. The Labute approximate surface area is 211 Å². The maximum Gasteiger partial charge on any atom is 0.242 e. The molecule has 0 aliphatic carbocycles. The number of halogens is 1. The zero-order valence-electron chi connectivity index (χ0n) is 21.7. The number of para-hydroxylation sites is 1. The summed E-state index contributed by atoms with van der Waals surface area (Å²) >= 11 is 0. The number of carbonyl (C=O) groups excluding carboxylic acids is 2. The molecular weight excluding hydrogens is 459 g/mol. The fraction of sp³-hybridized carbons (Fsp3) is 0.414. The van der Waals surface area contributed by atoms with E-state index in [0.717, 1.165) is 6.42 Å². The molecule has 1 heterocycles. The zero-order chi connectivity index (χ0) is 26.5. The van der Waals surface area contributed by atoms with Crippen LogP contribution in [0.2, 0.25) is 0 Å². The van der Waals surface area contributed by atoms with E-state index in [1.54, 1.807) is 41.3 Å². The molecule has 0 aliphatic heterocycles. The maximum atomic E-state index is 13.6. The second-order valence-corrected chi connectivity index (χ2v) is 10.6. The number of rotatable bonds is 9. The van der Waals surface area contributed by atoms with Gasteiger partial charge in [0, 0.05) is 18.5 Å². The molecule has 0 N–H and O–H groups in total. The van der Waals surface area contributed by atoms with Crippen LogP contribution >= 0.6 is 0 Å². The van der Waals surface area contributed by atoms with E-state index in [9.17, 15) is 18.8 Å². The lowest BCUT2D eigenvalue weighted by molar-refractivity contribution is -0.146. The molecule has 0 fully saturated rings. The topological polar surface area (TPSA) is 70.8 Å². The van der Waals surface area contributed by atoms with Gasteiger partial charge in [-0.1, -0.05) is 58.9 Å². The van der Waals surface area contributed by atoms with E-state index < -0.39 is 5.41 Å². The number of carbonyl (C=O) groups is 2. The molecule has 2 amide bonds. The number of fused-ring (bicyclic) bond motifs is 1. The molecule has 0 atom stereocenters. The molecule has 3 rings (SSSR count). The van der Waals surface area contributed by atoms with Gasteiger partial charge in [-0.05, 0) is 42.2 Å². The number of benzene rings is 2. The van der Waals surface area contributed by atoms with Crippen molar-refractivity contribution >= 4 is 22.8 Å². The molecule has 0 radical (unpaired) electrons. The number of hydrogen-bond donors (Lipinski definition) is 0. The van der Waals surface area contributed by atoms with Gasteiger partial charge in [0.05, 0.1) is 30.3 Å². The van der Waals surface area contributed by atoms with Crippen molar-refractivity contribution in [2.24, 2.45) is 11.3 Å². The maximum absolute atomic E-state index is 13.6. The van der Waals surface area contributed by atoms with Crippen molar-refractivity contribution < 1.29 is 18.4 Å². The molecule has 0 saturated carbocycles. The molecule has 0 aliphatic rings. The predicted molar refractivity (Wildman–Crippen MR) is 139 cm³/mol. The normalized spacial score (nSPS) is 11.6. The summed E-state index contributed by atoms with van der Waals surface area (Å²) in [5.74, 6) is -0.410. The highest BCUT2D eigenvalue weighted by atomic mass is 19.1. The molecule has 1 aromatic heterocycles. The van der Waals surface area contributed by atoms with Crippen LogP contribution in [-0.2, 0) is 22.7 Å². The van der Waals surface area contributed by atoms with Crippen LogP contribution < -0.4 is 5.43 Å². The molecule has 36 heavy (non-hydrogen) atoms. The minimum Gasteiger partial charge on any atom is -0.464 e. The van der Waals surface area contributed by atoms with Crippen LogP contribution in [0.4, 0.5) is 4.39 Å². The Morgan fingerprint density at radius 1 is 0.972 bits per heavy atom. The largest absolute Gasteiger partial charge is 0.464 e. The van der Waals surface area contributed by atoms with Crippen LogP contribution in [0.5, 0.6) is 0 Å². The highest BCUT2D eigenvalue weighted by Gasteiger charge is 2.30. The second kappa shape index (κ2) is 11.5. The van der Waals surface area contributed by atoms with E-state index in [1.165, 1.54) is 23.3 Å². The predicted octanol–water partition coefficient (Wildman–Crippen LogP) is 5.38. The van der Waals surface area contributed by atoms with Crippen LogP contribution in [0.1, 0.15) is 52.2 Å². The van der Waals surface area contributed by atoms with Crippen LogP contribution in [0.25, 0.3) is 11.0 Å². The number of nitrogens with zero attached hydrogens (tertiary/aromatic N) is 2. The fourth-order valence-electron chi connectivity index (χ4n) is 3.88. The van der Waals surface area contributed by atoms with Crippen LogP contribution in [0.15, 0.2) is 64.0 Å². The Morgan fingerprint density at radius 2 is 1.64 bits per heavy atom. The van der Waals surface area contributed by atoms with Crippen molar-refractivity contribution in [1.82, 2.24) is 9.80 Å². The molecule has 0 bridgehead atoms. The van der Waals surface area contributed by atoms with Gasteiger partial charge in [0.15, 0.2) is 5.43 Å². The lowest BCUT2D eigenvalue weighted by atomic mass is 9.94. The molecule has 7 heteroatoms. The summed E-state index contributed by atoms with van der Waals surface area (Å²) in [6.45, 7) is 10.2. The summed E-state index contributed by atoms with van der Waals surface area (Å²) in [6, 6.07) is 12.8. The summed E-state index contributed by atoms with van der Waals surface area (Å²) in [5.41, 5.74) is 0.665. The van der Waals surface area contributed by atoms with Crippen molar-refractivity contribution in [1.29, 1.82) is 0 Å². The third-order valence-corrected chi connectivity index (χ3v) is 5.98. The Balaban J connectivity index is 1.92. The van der Waals surface area contributed by atoms with E-state index in [2.05, 4.69) is 13.8 Å². The van der Waals surface area contributed by atoms with E-state index >= 15 is 0 Å². The summed E-state index contributed by atoms with van der Waals surface area (Å²) in [6.07, 6.45) is 2.15. The quantitative estimate of drug-likeness (QED) is 0.400. The van der Waals surface area contributed by atoms with E-state index in [4.69, 9.17) is 4.42 Å². The average molecular weight is 495 g/mol. The highest BCUT2D eigenvalue weighted by molar-refractivity contribution is 5.87. The molecule has 3 aromatic rings. The molecule has 0 saturated heterocycles. The standard InChI is InChI=1S/C29H35FN2O4/c1-20(2)14-15-31(28(35)29(3,4)5)18-26(33)32(16-21-10-12-23(30)13-11-21)17-22-19-36-25-9-7-6-8-24(25)27(22)34/h6-13,19-20H,14-18H2,1-5H3. The van der Waals surface area contributed by atoms with Gasteiger partial charge in [0.2, 0.25) is 11.8 Å². The minimum atomic E-state index is -0.640. The zero-order valence-corrected chi connectivity index (χ0v) is 21.7. The highest BCUT2D eigenvalue weighted by Crippen LogP contribution is 2.20. The molecule has 2 aromatic carbocycles. The second-order valence-electron chi connectivity index (χ2n) is 10.6. The summed E-state index contributed by atoms with van der Waals surface area (Å²) in [5, 5.41) is 0.436. The molecule has 0 unspecified atom stereocenters. The van der Waals surface area contributed by atoms with E-state index in [1.807, 2.05) is 20.8 Å². The Kier molecular flexibility index (Phi) is 8.66. The van der Waals surface area contributed by atoms with Gasteiger partial charge < -0.3 is 14.2 Å². The summed E-state index contributed by atoms with van der Waals surface area (Å²) in [7, 11) is 0. The number of amides is 2. The first-order valence-corrected chi connectivity index (χ1v) is 12.3. The van der Waals surface area contributed by atoms with Crippen molar-refractivity contribution in [3.05, 3.63) is 82.0 Å². The van der Waals surface area contributed by atoms with Gasteiger partial charge >= 0.3 is 0 Å². The van der Waals surface area contributed by atoms with Crippen molar-refractivity contribution in [3.63, 3.8) is 0 Å². The van der Waals surface area contributed by atoms with Gasteiger partial charge in [0.1, 0.15) is 11.4 Å². The van der Waals surface area contributed by atoms with Gasteiger partial charge in [-0.2, -0.15) is 0 Å². The first-order chi connectivity index (χ1) is 17.0. The Hall–Kier alpha value is -3.48. The monoisotopic (exact) mass is 494 g/mol. The van der Waals surface area contributed by atoms with Gasteiger partial charge in [0.25, 0.3) is 0 Å². The third-order valence-electron chi connectivity index (χ3n) is 5.98. The average Bonchev–Trinajstić information content (AvgIpc) is 2.83. The summed E-state index contributed by atoms with van der Waals surface area (Å²) < 4.78 is 19.1. The van der Waals surface area contributed by atoms with Gasteiger partial charge in [-0.15, -0.1) is 0 Å². The summed E-state index contributed by atoms with van der Waals surface area (Å²) in [4.78, 5) is 43.0. The third kappa shape index (κ3) is 7.03. The van der Waals surface area contributed by atoms with E-state index in [-0.39, 0.29) is 42.7 Å². The smallest absolute Gasteiger partial charge is 0.242 e. The van der Waals surface area contributed by atoms with Crippen LogP contribution in [0.3, 0.4) is 0 Å². The van der Waals surface area contributed by atoms with Crippen molar-refractivity contribution in [3.8, 4) is 0 Å². The number of hydrogen-bond acceptors (Lipinski definition) is 4. The lowest BCUT2D eigenvalue weighted by Crippen LogP contribution is -2.47. The minimum absolute atomic E-state index is 0.00507. The molecular formula is C29H35FN2O4. The van der Waals surface area contributed by atoms with E-state index in [0.29, 0.717) is 34.6 Å². The van der Waals surface area contributed by atoms with Crippen LogP contribution in [-0.4, -0.2) is 34.7 Å². The SMILES string of the molecule is CC(C)CCN(CC(=O)N(Cc1ccc(F)cc1)Cc1coc2ccccc2c1=O)C(=O)C(C)(C)C. The fourth-order valence-corrected chi connectivity index (χ4v) is 3.88. The van der Waals surface area contributed by atoms with Crippen molar-refractivity contribution in [2.75, 3.05) is 13.1 Å². The molecule has 0 spiro atoms. The van der Waals surface area contributed by atoms with Crippen molar-refractivity contribution in [2.45, 2.75) is 54.1 Å². The van der Waals surface area contributed by atoms with Gasteiger partial charge in [-0.3, -0.25) is 14.4 Å². The Morgan fingerprint density at radius 3 is 2.28 bits per heavy atom. The van der Waals surface area contributed by atoms with Gasteiger partial charge in [-0.25, -0.2) is 4.39 Å². The first-order valence-electron chi connectivity index (χ1n) is 12.3. The first kappa shape index (κ1) is 27.1. The lowest BCUT2D eigenvalue weighted by Gasteiger charge is -2.32. The molecule has 6 nitrogen and oxygen atoms in total. The van der Waals surface area contributed by atoms with Crippen LogP contribution in [0, 0.1) is 17.2 Å².